The third-order valence-electron chi connectivity index (χ3n) is 4.32. The number of rotatable bonds is 3. The van der Waals surface area contributed by atoms with Gasteiger partial charge in [-0.1, -0.05) is 13.8 Å². The third kappa shape index (κ3) is 3.69. The molecule has 1 aromatic rings. The molecule has 2 N–H and O–H groups in total. The number of hydrogen-bond donors (Lipinski definition) is 1. The quantitative estimate of drug-likeness (QED) is 0.907. The summed E-state index contributed by atoms with van der Waals surface area (Å²) in [7, 11) is 0. The van der Waals surface area contributed by atoms with Gasteiger partial charge in [-0.3, -0.25) is 4.98 Å². The van der Waals surface area contributed by atoms with Crippen molar-refractivity contribution in [1.82, 2.24) is 4.98 Å². The maximum Gasteiger partial charge on any atom is 0.0569 e. The highest BCUT2D eigenvalue weighted by molar-refractivity contribution is 5.44. The maximum absolute atomic E-state index is 5.84. The lowest BCUT2D eigenvalue weighted by atomic mass is 9.89. The molecule has 1 saturated heterocycles. The summed E-state index contributed by atoms with van der Waals surface area (Å²) in [6.07, 6.45) is 5.93. The van der Waals surface area contributed by atoms with Crippen LogP contribution >= 0.6 is 0 Å². The third-order valence-corrected chi connectivity index (χ3v) is 4.32. The zero-order valence-electron chi connectivity index (χ0n) is 12.5. The van der Waals surface area contributed by atoms with Crippen molar-refractivity contribution in [3.8, 4) is 0 Å². The summed E-state index contributed by atoms with van der Waals surface area (Å²) in [5.41, 5.74) is 8.06. The lowest BCUT2D eigenvalue weighted by molar-refractivity contribution is 0.351. The predicted octanol–water partition coefficient (Wildman–Crippen LogP) is 3.36. The molecule has 1 unspecified atom stereocenters. The van der Waals surface area contributed by atoms with Gasteiger partial charge >= 0.3 is 0 Å². The average molecular weight is 261 g/mol. The van der Waals surface area contributed by atoms with Crippen LogP contribution in [0.4, 0.5) is 5.69 Å². The first-order valence-electron chi connectivity index (χ1n) is 7.54. The molecule has 2 heterocycles. The Balaban J connectivity index is 2.01. The second kappa shape index (κ2) is 6.38. The maximum atomic E-state index is 5.84. The van der Waals surface area contributed by atoms with E-state index in [2.05, 4.69) is 35.9 Å². The van der Waals surface area contributed by atoms with E-state index < -0.39 is 0 Å². The SMILES string of the molecule is CC(C)C1CCCN(c2ccc([C@H](C)N)nc2)CC1. The number of nitrogens with two attached hydrogens (primary N) is 1. The lowest BCUT2D eigenvalue weighted by Crippen LogP contribution is -2.24. The molecule has 0 aromatic carbocycles. The van der Waals surface area contributed by atoms with E-state index in [0.717, 1.165) is 30.6 Å². The summed E-state index contributed by atoms with van der Waals surface area (Å²) < 4.78 is 0. The summed E-state index contributed by atoms with van der Waals surface area (Å²) in [6, 6.07) is 4.25. The molecule has 3 heteroatoms. The Morgan fingerprint density at radius 3 is 2.58 bits per heavy atom. The van der Waals surface area contributed by atoms with Gasteiger partial charge in [-0.15, -0.1) is 0 Å². The molecule has 19 heavy (non-hydrogen) atoms. The van der Waals surface area contributed by atoms with Crippen molar-refractivity contribution in [2.24, 2.45) is 17.6 Å². The van der Waals surface area contributed by atoms with Gasteiger partial charge in [0.2, 0.25) is 0 Å². The molecular weight excluding hydrogens is 234 g/mol. The highest BCUT2D eigenvalue weighted by atomic mass is 15.1. The van der Waals surface area contributed by atoms with E-state index in [-0.39, 0.29) is 6.04 Å². The van der Waals surface area contributed by atoms with Crippen molar-refractivity contribution in [1.29, 1.82) is 0 Å². The summed E-state index contributed by atoms with van der Waals surface area (Å²) in [5, 5.41) is 0. The van der Waals surface area contributed by atoms with Crippen LogP contribution in [0.2, 0.25) is 0 Å². The zero-order chi connectivity index (χ0) is 13.8. The van der Waals surface area contributed by atoms with Gasteiger partial charge < -0.3 is 10.6 Å². The van der Waals surface area contributed by atoms with Crippen LogP contribution in [0, 0.1) is 11.8 Å². The Morgan fingerprint density at radius 2 is 2.00 bits per heavy atom. The molecule has 0 aliphatic carbocycles. The Bertz CT molecular complexity index is 383. The molecule has 106 valence electrons. The zero-order valence-corrected chi connectivity index (χ0v) is 12.5. The van der Waals surface area contributed by atoms with Crippen LogP contribution < -0.4 is 10.6 Å². The molecule has 3 nitrogen and oxygen atoms in total. The van der Waals surface area contributed by atoms with Crippen molar-refractivity contribution in [3.63, 3.8) is 0 Å². The van der Waals surface area contributed by atoms with Crippen LogP contribution in [0.3, 0.4) is 0 Å². The van der Waals surface area contributed by atoms with Crippen LogP contribution in [0.5, 0.6) is 0 Å². The van der Waals surface area contributed by atoms with Crippen LogP contribution in [-0.2, 0) is 0 Å². The molecule has 0 bridgehead atoms. The van der Waals surface area contributed by atoms with Gasteiger partial charge in [0.1, 0.15) is 0 Å². The van der Waals surface area contributed by atoms with Gasteiger partial charge in [-0.2, -0.15) is 0 Å². The monoisotopic (exact) mass is 261 g/mol. The fourth-order valence-corrected chi connectivity index (χ4v) is 2.90. The second-order valence-electron chi connectivity index (χ2n) is 6.15. The molecular formula is C16H27N3. The minimum atomic E-state index is 0.0171. The van der Waals surface area contributed by atoms with Gasteiger partial charge in [0.05, 0.1) is 17.6 Å². The number of anilines is 1. The van der Waals surface area contributed by atoms with E-state index in [9.17, 15) is 0 Å². The first kappa shape index (κ1) is 14.3. The van der Waals surface area contributed by atoms with Crippen molar-refractivity contribution < 1.29 is 0 Å². The topological polar surface area (TPSA) is 42.1 Å². The Labute approximate surface area is 117 Å². The highest BCUT2D eigenvalue weighted by Gasteiger charge is 2.19. The summed E-state index contributed by atoms with van der Waals surface area (Å²) in [4.78, 5) is 6.94. The smallest absolute Gasteiger partial charge is 0.0569 e. The van der Waals surface area contributed by atoms with Crippen molar-refractivity contribution in [2.75, 3.05) is 18.0 Å². The minimum absolute atomic E-state index is 0.0171. The van der Waals surface area contributed by atoms with Crippen molar-refractivity contribution in [2.45, 2.75) is 46.1 Å². The van der Waals surface area contributed by atoms with Crippen molar-refractivity contribution in [3.05, 3.63) is 24.0 Å². The van der Waals surface area contributed by atoms with E-state index in [1.54, 1.807) is 0 Å². The number of pyridine rings is 1. The fraction of sp³-hybridized carbons (Fsp3) is 0.688. The van der Waals surface area contributed by atoms with Gasteiger partial charge in [-0.25, -0.2) is 0 Å². The van der Waals surface area contributed by atoms with Gasteiger partial charge in [0, 0.05) is 19.1 Å². The molecule has 0 spiro atoms. The molecule has 0 radical (unpaired) electrons. The van der Waals surface area contributed by atoms with Crippen LogP contribution in [0.25, 0.3) is 0 Å². The van der Waals surface area contributed by atoms with E-state index in [0.29, 0.717) is 0 Å². The molecule has 2 atom stereocenters. The van der Waals surface area contributed by atoms with E-state index in [1.807, 2.05) is 13.1 Å². The van der Waals surface area contributed by atoms with Gasteiger partial charge in [0.25, 0.3) is 0 Å². The average Bonchev–Trinajstić information content (AvgIpc) is 2.64. The van der Waals surface area contributed by atoms with Crippen LogP contribution in [0.15, 0.2) is 18.3 Å². The summed E-state index contributed by atoms with van der Waals surface area (Å²) >= 11 is 0. The summed E-state index contributed by atoms with van der Waals surface area (Å²) in [6.45, 7) is 8.98. The van der Waals surface area contributed by atoms with E-state index in [1.165, 1.54) is 24.9 Å². The van der Waals surface area contributed by atoms with E-state index >= 15 is 0 Å². The van der Waals surface area contributed by atoms with Gasteiger partial charge in [0.15, 0.2) is 0 Å². The van der Waals surface area contributed by atoms with E-state index in [4.69, 9.17) is 5.73 Å². The molecule has 0 amide bonds. The highest BCUT2D eigenvalue weighted by Crippen LogP contribution is 2.27. The molecule has 0 saturated carbocycles. The lowest BCUT2D eigenvalue weighted by Gasteiger charge is -2.23. The molecule has 2 rings (SSSR count). The predicted molar refractivity (Wildman–Crippen MR) is 81.2 cm³/mol. The molecule has 1 aromatic heterocycles. The number of aromatic nitrogens is 1. The summed E-state index contributed by atoms with van der Waals surface area (Å²) in [5.74, 6) is 1.68. The van der Waals surface area contributed by atoms with Crippen molar-refractivity contribution >= 4 is 5.69 Å². The number of nitrogens with zero attached hydrogens (tertiary/aromatic N) is 2. The number of hydrogen-bond acceptors (Lipinski definition) is 3. The fourth-order valence-electron chi connectivity index (χ4n) is 2.90. The molecule has 1 fully saturated rings. The minimum Gasteiger partial charge on any atom is -0.370 e. The van der Waals surface area contributed by atoms with Crippen LogP contribution in [-0.4, -0.2) is 18.1 Å². The van der Waals surface area contributed by atoms with Gasteiger partial charge in [-0.05, 0) is 50.2 Å². The normalized spacial score (nSPS) is 22.4. The Morgan fingerprint density at radius 1 is 1.21 bits per heavy atom. The largest absolute Gasteiger partial charge is 0.370 e. The first-order valence-corrected chi connectivity index (χ1v) is 7.54. The molecule has 1 aliphatic rings. The second-order valence-corrected chi connectivity index (χ2v) is 6.15. The first-order chi connectivity index (χ1) is 9.08. The Kier molecular flexibility index (Phi) is 4.81. The molecule has 1 aliphatic heterocycles. The standard InChI is InChI=1S/C16H27N3/c1-12(2)14-5-4-9-19(10-8-14)15-6-7-16(13(3)17)18-11-15/h6-7,11-14H,4-5,8-10,17H2,1-3H3/t13-,14?/m0/s1. The van der Waals surface area contributed by atoms with Crippen LogP contribution in [0.1, 0.15) is 51.8 Å². The Hall–Kier alpha value is -1.09.